The molecular formula is C14H17N3O2. The maximum atomic E-state index is 11.4. The van der Waals surface area contributed by atoms with E-state index in [-0.39, 0.29) is 11.8 Å². The molecule has 2 rings (SSSR count). The van der Waals surface area contributed by atoms with Gasteiger partial charge in [-0.25, -0.2) is 0 Å². The molecule has 5 nitrogen and oxygen atoms in total. The highest BCUT2D eigenvalue weighted by Crippen LogP contribution is 2.14. The summed E-state index contributed by atoms with van der Waals surface area (Å²) in [5.41, 5.74) is 0.920. The van der Waals surface area contributed by atoms with Gasteiger partial charge >= 0.3 is 0 Å². The Morgan fingerprint density at radius 3 is 2.74 bits per heavy atom. The molecule has 0 bridgehead atoms. The van der Waals surface area contributed by atoms with Gasteiger partial charge in [-0.15, -0.1) is 0 Å². The molecule has 2 aromatic rings. The Bertz CT molecular complexity index is 535. The predicted octanol–water partition coefficient (Wildman–Crippen LogP) is 2.05. The van der Waals surface area contributed by atoms with Crippen LogP contribution in [0.3, 0.4) is 0 Å². The van der Waals surface area contributed by atoms with E-state index < -0.39 is 0 Å². The van der Waals surface area contributed by atoms with Crippen LogP contribution in [-0.4, -0.2) is 22.6 Å². The van der Waals surface area contributed by atoms with Crippen LogP contribution in [0.1, 0.15) is 19.7 Å². The first-order valence-corrected chi connectivity index (χ1v) is 6.32. The molecular weight excluding hydrogens is 242 g/mol. The van der Waals surface area contributed by atoms with Crippen molar-refractivity contribution in [2.45, 2.75) is 20.3 Å². The highest BCUT2D eigenvalue weighted by atomic mass is 16.5. The monoisotopic (exact) mass is 259 g/mol. The molecule has 0 fully saturated rings. The van der Waals surface area contributed by atoms with Crippen LogP contribution < -0.4 is 5.32 Å². The van der Waals surface area contributed by atoms with E-state index in [0.29, 0.717) is 24.7 Å². The number of nitrogens with zero attached hydrogens (tertiary/aromatic N) is 2. The zero-order chi connectivity index (χ0) is 13.7. The fourth-order valence-electron chi connectivity index (χ4n) is 1.56. The molecule has 0 saturated heterocycles. The summed E-state index contributed by atoms with van der Waals surface area (Å²) in [6, 6.07) is 9.64. The van der Waals surface area contributed by atoms with Crippen LogP contribution in [0.5, 0.6) is 0 Å². The summed E-state index contributed by atoms with van der Waals surface area (Å²) >= 11 is 0. The quantitative estimate of drug-likeness (QED) is 0.892. The molecule has 1 aromatic heterocycles. The molecule has 0 unspecified atom stereocenters. The lowest BCUT2D eigenvalue weighted by molar-refractivity contribution is -0.123. The van der Waals surface area contributed by atoms with Crippen LogP contribution in [-0.2, 0) is 11.2 Å². The van der Waals surface area contributed by atoms with E-state index in [1.165, 1.54) is 0 Å². The third-order valence-electron chi connectivity index (χ3n) is 2.66. The number of amides is 1. The Labute approximate surface area is 112 Å². The number of nitrogens with one attached hydrogen (secondary N) is 1. The number of rotatable bonds is 5. The summed E-state index contributed by atoms with van der Waals surface area (Å²) in [4.78, 5) is 15.7. The van der Waals surface area contributed by atoms with Crippen LogP contribution in [0.4, 0.5) is 0 Å². The molecule has 0 aliphatic heterocycles. The zero-order valence-electron chi connectivity index (χ0n) is 11.1. The van der Waals surface area contributed by atoms with Crippen LogP contribution in [0.2, 0.25) is 0 Å². The molecule has 19 heavy (non-hydrogen) atoms. The standard InChI is InChI=1S/C14H17N3O2/c1-10(2)14(18)15-9-8-12-16-13(17-19-12)11-6-4-3-5-7-11/h3-7,10H,8-9H2,1-2H3,(H,15,18). The van der Waals surface area contributed by atoms with Crippen molar-refractivity contribution in [2.75, 3.05) is 6.54 Å². The molecule has 1 amide bonds. The molecule has 0 radical (unpaired) electrons. The van der Waals surface area contributed by atoms with Gasteiger partial charge in [-0.2, -0.15) is 4.98 Å². The number of carbonyl (C=O) groups is 1. The van der Waals surface area contributed by atoms with Gasteiger partial charge in [0.25, 0.3) is 0 Å². The highest BCUT2D eigenvalue weighted by Gasteiger charge is 2.09. The van der Waals surface area contributed by atoms with Crippen LogP contribution in [0.15, 0.2) is 34.9 Å². The Morgan fingerprint density at radius 2 is 2.05 bits per heavy atom. The molecule has 5 heteroatoms. The Morgan fingerprint density at radius 1 is 1.32 bits per heavy atom. The van der Waals surface area contributed by atoms with Crippen LogP contribution in [0, 0.1) is 5.92 Å². The van der Waals surface area contributed by atoms with Gasteiger partial charge in [0, 0.05) is 24.4 Å². The van der Waals surface area contributed by atoms with Crippen LogP contribution in [0.25, 0.3) is 11.4 Å². The van der Waals surface area contributed by atoms with Crippen molar-refractivity contribution in [3.8, 4) is 11.4 Å². The number of hydrogen-bond acceptors (Lipinski definition) is 4. The van der Waals surface area contributed by atoms with E-state index in [4.69, 9.17) is 4.52 Å². The topological polar surface area (TPSA) is 68.0 Å². The lowest BCUT2D eigenvalue weighted by Gasteiger charge is -2.05. The van der Waals surface area contributed by atoms with Gasteiger partial charge in [0.15, 0.2) is 0 Å². The van der Waals surface area contributed by atoms with Crippen molar-refractivity contribution >= 4 is 5.91 Å². The second-order valence-electron chi connectivity index (χ2n) is 4.57. The Balaban J connectivity index is 1.90. The smallest absolute Gasteiger partial charge is 0.228 e. The van der Waals surface area contributed by atoms with Crippen molar-refractivity contribution in [3.63, 3.8) is 0 Å². The van der Waals surface area contributed by atoms with Crippen molar-refractivity contribution < 1.29 is 9.32 Å². The first-order chi connectivity index (χ1) is 9.16. The van der Waals surface area contributed by atoms with Gasteiger partial charge in [0.05, 0.1) is 0 Å². The van der Waals surface area contributed by atoms with Crippen LogP contribution >= 0.6 is 0 Å². The predicted molar refractivity (Wildman–Crippen MR) is 71.3 cm³/mol. The third-order valence-corrected chi connectivity index (χ3v) is 2.66. The fourth-order valence-corrected chi connectivity index (χ4v) is 1.56. The summed E-state index contributed by atoms with van der Waals surface area (Å²) in [6.45, 7) is 4.22. The van der Waals surface area contributed by atoms with E-state index in [9.17, 15) is 4.79 Å². The minimum absolute atomic E-state index is 0.0115. The second kappa shape index (κ2) is 6.13. The van der Waals surface area contributed by atoms with Gasteiger partial charge in [-0.3, -0.25) is 4.79 Å². The first-order valence-electron chi connectivity index (χ1n) is 6.32. The summed E-state index contributed by atoms with van der Waals surface area (Å²) in [5, 5.41) is 6.73. The number of benzene rings is 1. The third kappa shape index (κ3) is 3.64. The second-order valence-corrected chi connectivity index (χ2v) is 4.57. The Hall–Kier alpha value is -2.17. The molecule has 0 aliphatic rings. The molecule has 1 N–H and O–H groups in total. The minimum Gasteiger partial charge on any atom is -0.355 e. The summed E-state index contributed by atoms with van der Waals surface area (Å²) in [5.74, 6) is 1.12. The van der Waals surface area contributed by atoms with E-state index >= 15 is 0 Å². The number of hydrogen-bond donors (Lipinski definition) is 1. The highest BCUT2D eigenvalue weighted by molar-refractivity contribution is 5.77. The zero-order valence-corrected chi connectivity index (χ0v) is 11.1. The van der Waals surface area contributed by atoms with E-state index in [2.05, 4.69) is 15.5 Å². The van der Waals surface area contributed by atoms with Gasteiger partial charge in [-0.05, 0) is 0 Å². The van der Waals surface area contributed by atoms with Gasteiger partial charge in [0.2, 0.25) is 17.6 Å². The summed E-state index contributed by atoms with van der Waals surface area (Å²) in [7, 11) is 0. The molecule has 0 saturated carbocycles. The van der Waals surface area contributed by atoms with Crippen molar-refractivity contribution in [1.82, 2.24) is 15.5 Å². The minimum atomic E-state index is -0.0115. The molecule has 0 spiro atoms. The van der Waals surface area contributed by atoms with Gasteiger partial charge < -0.3 is 9.84 Å². The summed E-state index contributed by atoms with van der Waals surface area (Å²) in [6.07, 6.45) is 0.540. The molecule has 0 atom stereocenters. The van der Waals surface area contributed by atoms with Gasteiger partial charge in [-0.1, -0.05) is 49.3 Å². The van der Waals surface area contributed by atoms with E-state index in [0.717, 1.165) is 5.56 Å². The van der Waals surface area contributed by atoms with Crippen molar-refractivity contribution in [3.05, 3.63) is 36.2 Å². The van der Waals surface area contributed by atoms with Crippen molar-refractivity contribution in [2.24, 2.45) is 5.92 Å². The fraction of sp³-hybridized carbons (Fsp3) is 0.357. The maximum absolute atomic E-state index is 11.4. The maximum Gasteiger partial charge on any atom is 0.228 e. The van der Waals surface area contributed by atoms with Crippen molar-refractivity contribution in [1.29, 1.82) is 0 Å². The van der Waals surface area contributed by atoms with Gasteiger partial charge in [0.1, 0.15) is 0 Å². The average molecular weight is 259 g/mol. The normalized spacial score (nSPS) is 10.7. The molecule has 100 valence electrons. The number of carbonyl (C=O) groups excluding carboxylic acids is 1. The molecule has 1 aromatic carbocycles. The lowest BCUT2D eigenvalue weighted by Crippen LogP contribution is -2.29. The van der Waals surface area contributed by atoms with E-state index in [1.54, 1.807) is 0 Å². The summed E-state index contributed by atoms with van der Waals surface area (Å²) < 4.78 is 5.15. The Kier molecular flexibility index (Phi) is 4.28. The number of aromatic nitrogens is 2. The molecule has 0 aliphatic carbocycles. The first kappa shape index (κ1) is 13.3. The average Bonchev–Trinajstić information content (AvgIpc) is 2.88. The lowest BCUT2D eigenvalue weighted by atomic mass is 10.2. The largest absolute Gasteiger partial charge is 0.355 e. The molecule has 1 heterocycles. The SMILES string of the molecule is CC(C)C(=O)NCCc1nc(-c2ccccc2)no1. The van der Waals surface area contributed by atoms with E-state index in [1.807, 2.05) is 44.2 Å².